The number of carbonyl (C=O) groups excluding carboxylic acids is 1. The molecule has 1 saturated heterocycles. The summed E-state index contributed by atoms with van der Waals surface area (Å²) in [5, 5.41) is -0.551. The fourth-order valence-corrected chi connectivity index (χ4v) is 3.37. The summed E-state index contributed by atoms with van der Waals surface area (Å²) in [6.45, 7) is 6.01. The lowest BCUT2D eigenvalue weighted by atomic mass is 9.92. The monoisotopic (exact) mass is 457 g/mol. The molecule has 1 aliphatic heterocycles. The highest BCUT2D eigenvalue weighted by atomic mass is 79.9. The quantitative estimate of drug-likeness (QED) is 0.627. The van der Waals surface area contributed by atoms with E-state index in [2.05, 4.69) is 20.9 Å². The van der Waals surface area contributed by atoms with E-state index >= 15 is 0 Å². The van der Waals surface area contributed by atoms with Crippen LogP contribution in [0.1, 0.15) is 50.9 Å². The third-order valence-electron chi connectivity index (χ3n) is 3.95. The van der Waals surface area contributed by atoms with Gasteiger partial charge in [0.2, 0.25) is 0 Å². The van der Waals surface area contributed by atoms with Crippen molar-refractivity contribution in [2.75, 3.05) is 18.8 Å². The number of amides is 1. The lowest BCUT2D eigenvalue weighted by Gasteiger charge is -2.33. The Labute approximate surface area is 163 Å². The van der Waals surface area contributed by atoms with Crippen LogP contribution in [0.4, 0.5) is 23.7 Å². The van der Waals surface area contributed by atoms with Crippen molar-refractivity contribution in [2.24, 2.45) is 0 Å². The molecule has 1 aromatic heterocycles. The van der Waals surface area contributed by atoms with E-state index < -0.39 is 28.6 Å². The second-order valence-electron chi connectivity index (χ2n) is 7.13. The molecule has 0 aliphatic carbocycles. The molecule has 146 valence electrons. The molecule has 0 unspecified atom stereocenters. The van der Waals surface area contributed by atoms with E-state index in [1.54, 1.807) is 20.8 Å². The molecule has 26 heavy (non-hydrogen) atoms. The third-order valence-corrected chi connectivity index (χ3v) is 5.37. The van der Waals surface area contributed by atoms with E-state index in [4.69, 9.17) is 22.1 Å². The van der Waals surface area contributed by atoms with Gasteiger partial charge in [0, 0.05) is 19.0 Å². The summed E-state index contributed by atoms with van der Waals surface area (Å²) in [7, 11) is 0. The van der Waals surface area contributed by atoms with Gasteiger partial charge in [-0.2, -0.15) is 13.2 Å². The molecule has 0 bridgehead atoms. The van der Waals surface area contributed by atoms with Crippen LogP contribution in [0.3, 0.4) is 0 Å². The second-order valence-corrected chi connectivity index (χ2v) is 8.30. The van der Waals surface area contributed by atoms with Crippen molar-refractivity contribution in [1.82, 2.24) is 9.88 Å². The largest absolute Gasteiger partial charge is 0.444 e. The smallest absolute Gasteiger partial charge is 0.434 e. The first kappa shape index (κ1) is 21.1. The van der Waals surface area contributed by atoms with Gasteiger partial charge in [-0.25, -0.2) is 9.78 Å². The minimum atomic E-state index is -4.68. The maximum atomic E-state index is 13.2. The Hall–Kier alpha value is -1.22. The summed E-state index contributed by atoms with van der Waals surface area (Å²) in [6.07, 6.45) is -4.26. The molecule has 0 radical (unpaired) electrons. The summed E-state index contributed by atoms with van der Waals surface area (Å²) in [5.74, 6) is -0.302. The molecule has 0 saturated carbocycles. The number of aromatic nitrogens is 1. The van der Waals surface area contributed by atoms with Gasteiger partial charge in [0.25, 0.3) is 0 Å². The van der Waals surface area contributed by atoms with Crippen molar-refractivity contribution in [1.29, 1.82) is 0 Å². The molecule has 2 N–H and O–H groups in total. The van der Waals surface area contributed by atoms with Crippen LogP contribution in [0.15, 0.2) is 4.47 Å². The number of nitrogens with zero attached hydrogens (tertiary/aromatic N) is 2. The summed E-state index contributed by atoms with van der Waals surface area (Å²) in [6, 6.07) is 0. The number of likely N-dealkylation sites (tertiary alicyclic amines) is 1. The molecule has 1 aromatic rings. The highest BCUT2D eigenvalue weighted by molar-refractivity contribution is 9.10. The SMILES string of the molecule is CC(C)(C)OC(=O)N1CCC(c2nc(C(F)(F)F)c(Cl)c(Br)c2N)CC1. The Morgan fingerprint density at radius 1 is 1.31 bits per heavy atom. The van der Waals surface area contributed by atoms with Crippen molar-refractivity contribution in [3.63, 3.8) is 0 Å². The minimum absolute atomic E-state index is 0.00827. The Morgan fingerprint density at radius 3 is 2.31 bits per heavy atom. The molecule has 2 rings (SSSR count). The van der Waals surface area contributed by atoms with Gasteiger partial charge in [0.05, 0.1) is 20.9 Å². The van der Waals surface area contributed by atoms with Crippen LogP contribution in [-0.2, 0) is 10.9 Å². The van der Waals surface area contributed by atoms with Crippen LogP contribution in [0.25, 0.3) is 0 Å². The van der Waals surface area contributed by atoms with Crippen LogP contribution in [0.5, 0.6) is 0 Å². The molecular formula is C16H20BrClF3N3O2. The predicted octanol–water partition coefficient (Wildman–Crippen LogP) is 5.21. The Balaban J connectivity index is 2.19. The number of rotatable bonds is 1. The summed E-state index contributed by atoms with van der Waals surface area (Å²) in [5.41, 5.74) is 4.41. The molecule has 0 spiro atoms. The zero-order valence-electron chi connectivity index (χ0n) is 14.6. The average molecular weight is 459 g/mol. The first-order valence-corrected chi connectivity index (χ1v) is 9.18. The number of hydrogen-bond acceptors (Lipinski definition) is 4. The minimum Gasteiger partial charge on any atom is -0.444 e. The summed E-state index contributed by atoms with van der Waals surface area (Å²) < 4.78 is 44.8. The number of halogens is 5. The number of anilines is 1. The number of alkyl halides is 3. The van der Waals surface area contributed by atoms with Crippen molar-refractivity contribution in [2.45, 2.75) is 51.3 Å². The van der Waals surface area contributed by atoms with E-state index in [0.29, 0.717) is 25.9 Å². The predicted molar refractivity (Wildman–Crippen MR) is 96.1 cm³/mol. The molecule has 1 aliphatic rings. The van der Waals surface area contributed by atoms with E-state index in [9.17, 15) is 18.0 Å². The van der Waals surface area contributed by atoms with E-state index in [0.717, 1.165) is 0 Å². The highest BCUT2D eigenvalue weighted by Gasteiger charge is 2.39. The molecule has 0 atom stereocenters. The second kappa shape index (κ2) is 7.42. The number of nitrogen functional groups attached to an aromatic ring is 1. The van der Waals surface area contributed by atoms with Crippen LogP contribution in [0, 0.1) is 0 Å². The van der Waals surface area contributed by atoms with Gasteiger partial charge < -0.3 is 15.4 Å². The van der Waals surface area contributed by atoms with E-state index in [1.165, 1.54) is 4.90 Å². The first-order chi connectivity index (χ1) is 11.8. The van der Waals surface area contributed by atoms with Crippen molar-refractivity contribution >= 4 is 39.3 Å². The molecule has 5 nitrogen and oxygen atoms in total. The topological polar surface area (TPSA) is 68.5 Å². The molecule has 1 amide bonds. The molecule has 1 fully saturated rings. The maximum absolute atomic E-state index is 13.2. The lowest BCUT2D eigenvalue weighted by Crippen LogP contribution is -2.41. The van der Waals surface area contributed by atoms with E-state index in [-0.39, 0.29) is 21.8 Å². The van der Waals surface area contributed by atoms with Gasteiger partial charge in [-0.05, 0) is 49.5 Å². The average Bonchev–Trinajstić information content (AvgIpc) is 2.50. The van der Waals surface area contributed by atoms with Crippen molar-refractivity contribution in [3.05, 3.63) is 20.9 Å². The van der Waals surface area contributed by atoms with Gasteiger partial charge in [-0.3, -0.25) is 0 Å². The Bertz CT molecular complexity index is 699. The van der Waals surface area contributed by atoms with Gasteiger partial charge in [-0.15, -0.1) is 0 Å². The zero-order valence-corrected chi connectivity index (χ0v) is 16.9. The van der Waals surface area contributed by atoms with Crippen LogP contribution in [-0.4, -0.2) is 34.7 Å². The fourth-order valence-electron chi connectivity index (χ4n) is 2.73. The third kappa shape index (κ3) is 4.73. The molecule has 2 heterocycles. The van der Waals surface area contributed by atoms with Gasteiger partial charge in [0.15, 0.2) is 5.69 Å². The molecular weight excluding hydrogens is 439 g/mol. The number of piperidine rings is 1. The van der Waals surface area contributed by atoms with Crippen LogP contribution < -0.4 is 5.73 Å². The standard InChI is InChI=1S/C16H20BrClF3N3O2/c1-15(2,3)26-14(25)24-6-4-8(5-7-24)12-11(22)9(17)10(18)13(23-12)16(19,20)21/h8H,4-7,22H2,1-3H3. The normalized spacial score (nSPS) is 16.7. The van der Waals surface area contributed by atoms with Gasteiger partial charge >= 0.3 is 12.3 Å². The number of hydrogen-bond donors (Lipinski definition) is 1. The molecule has 10 heteroatoms. The van der Waals surface area contributed by atoms with Crippen LogP contribution in [0.2, 0.25) is 5.02 Å². The number of nitrogens with two attached hydrogens (primary N) is 1. The Morgan fingerprint density at radius 2 is 1.85 bits per heavy atom. The van der Waals surface area contributed by atoms with E-state index in [1.807, 2.05) is 0 Å². The maximum Gasteiger partial charge on any atom is 0.434 e. The van der Waals surface area contributed by atoms with Crippen molar-refractivity contribution < 1.29 is 22.7 Å². The Kier molecular flexibility index (Phi) is 6.02. The summed E-state index contributed by atoms with van der Waals surface area (Å²) in [4.78, 5) is 17.3. The summed E-state index contributed by atoms with van der Waals surface area (Å²) >= 11 is 8.77. The highest BCUT2D eigenvalue weighted by Crippen LogP contribution is 2.43. The number of carbonyl (C=O) groups is 1. The van der Waals surface area contributed by atoms with Gasteiger partial charge in [0.1, 0.15) is 5.60 Å². The molecule has 0 aromatic carbocycles. The van der Waals surface area contributed by atoms with Crippen LogP contribution >= 0.6 is 27.5 Å². The van der Waals surface area contributed by atoms with Gasteiger partial charge in [-0.1, -0.05) is 11.6 Å². The van der Waals surface area contributed by atoms with Crippen molar-refractivity contribution in [3.8, 4) is 0 Å². The zero-order chi connectivity index (χ0) is 19.9. The lowest BCUT2D eigenvalue weighted by molar-refractivity contribution is -0.141. The number of pyridine rings is 1. The fraction of sp³-hybridized carbons (Fsp3) is 0.625. The first-order valence-electron chi connectivity index (χ1n) is 8.00. The number of ether oxygens (including phenoxy) is 1.